The molecule has 24 heavy (non-hydrogen) atoms. The van der Waals surface area contributed by atoms with Gasteiger partial charge in [0, 0.05) is 0 Å². The Morgan fingerprint density at radius 1 is 1.12 bits per heavy atom. The van der Waals surface area contributed by atoms with Crippen molar-refractivity contribution in [3.63, 3.8) is 0 Å². The maximum absolute atomic E-state index is 11.8. The molecule has 0 aliphatic heterocycles. The minimum absolute atomic E-state index is 0.0319. The molecule has 2 aromatic rings. The summed E-state index contributed by atoms with van der Waals surface area (Å²) in [7, 11) is -2.58. The van der Waals surface area contributed by atoms with Crippen LogP contribution in [0.4, 0.5) is 0 Å². The number of hydrogen-bond acceptors (Lipinski definition) is 3. The van der Waals surface area contributed by atoms with Gasteiger partial charge in [-0.15, -0.1) is 0 Å². The Morgan fingerprint density at radius 2 is 1.92 bits per heavy atom. The molecule has 1 atom stereocenters. The van der Waals surface area contributed by atoms with E-state index in [0.717, 1.165) is 37.0 Å². The van der Waals surface area contributed by atoms with Crippen molar-refractivity contribution in [3.05, 3.63) is 58.7 Å². The van der Waals surface area contributed by atoms with Gasteiger partial charge in [-0.25, -0.2) is 0 Å². The quantitative estimate of drug-likeness (QED) is 0.676. The fourth-order valence-corrected chi connectivity index (χ4v) is 4.32. The van der Waals surface area contributed by atoms with Crippen LogP contribution < -0.4 is 4.74 Å². The molecular formula is C19H22O4S. The van der Waals surface area contributed by atoms with E-state index in [1.54, 1.807) is 13.2 Å². The Balaban J connectivity index is 2.05. The van der Waals surface area contributed by atoms with Crippen LogP contribution in [0.5, 0.6) is 5.75 Å². The molecule has 5 heteroatoms. The minimum Gasteiger partial charge on any atom is -0.497 e. The third-order valence-corrected chi connectivity index (χ3v) is 5.69. The third-order valence-electron chi connectivity index (χ3n) is 4.76. The van der Waals surface area contributed by atoms with Gasteiger partial charge in [0.05, 0.1) is 12.0 Å². The smallest absolute Gasteiger partial charge is 0.294 e. The fourth-order valence-electron chi connectivity index (χ4n) is 3.56. The molecule has 1 N–H and O–H groups in total. The number of benzene rings is 2. The van der Waals surface area contributed by atoms with Gasteiger partial charge in [0.1, 0.15) is 5.75 Å². The van der Waals surface area contributed by atoms with E-state index < -0.39 is 10.1 Å². The number of ether oxygens (including phenoxy) is 1. The first kappa shape index (κ1) is 17.0. The number of methoxy groups -OCH3 is 1. The van der Waals surface area contributed by atoms with Crippen LogP contribution in [0.15, 0.2) is 41.3 Å². The second-order valence-corrected chi connectivity index (χ2v) is 7.83. The van der Waals surface area contributed by atoms with Gasteiger partial charge in [0.2, 0.25) is 0 Å². The van der Waals surface area contributed by atoms with E-state index in [4.69, 9.17) is 4.74 Å². The van der Waals surface area contributed by atoms with Gasteiger partial charge >= 0.3 is 0 Å². The zero-order valence-corrected chi connectivity index (χ0v) is 14.8. The van der Waals surface area contributed by atoms with E-state index in [2.05, 4.69) is 6.07 Å². The normalized spacial score (nSPS) is 17.9. The largest absolute Gasteiger partial charge is 0.497 e. The van der Waals surface area contributed by atoms with Crippen molar-refractivity contribution < 1.29 is 17.7 Å². The predicted molar refractivity (Wildman–Crippen MR) is 93.4 cm³/mol. The summed E-state index contributed by atoms with van der Waals surface area (Å²) in [5.41, 5.74) is 4.19. The van der Waals surface area contributed by atoms with Crippen LogP contribution in [0, 0.1) is 6.92 Å². The van der Waals surface area contributed by atoms with Crippen molar-refractivity contribution >= 4 is 10.1 Å². The zero-order chi connectivity index (χ0) is 17.3. The summed E-state index contributed by atoms with van der Waals surface area (Å²) in [6.07, 6.45) is 3.60. The first-order valence-electron chi connectivity index (χ1n) is 8.12. The van der Waals surface area contributed by atoms with Crippen LogP contribution in [0.25, 0.3) is 0 Å². The molecule has 3 rings (SSSR count). The zero-order valence-electron chi connectivity index (χ0n) is 14.0. The molecule has 2 aromatic carbocycles. The SMILES string of the molecule is COc1ccc2c(c1)C[C@@H](c1cc(C)ccc1S(=O)(=O)O)CCC2. The lowest BCUT2D eigenvalue weighted by atomic mass is 9.89. The fraction of sp³-hybridized carbons (Fsp3) is 0.368. The van der Waals surface area contributed by atoms with Crippen LogP contribution in [0.3, 0.4) is 0 Å². The molecule has 0 amide bonds. The van der Waals surface area contributed by atoms with Crippen molar-refractivity contribution in [1.29, 1.82) is 0 Å². The second kappa shape index (κ2) is 6.57. The lowest BCUT2D eigenvalue weighted by molar-refractivity contribution is 0.414. The Kier molecular flexibility index (Phi) is 4.65. The third kappa shape index (κ3) is 3.47. The molecule has 0 saturated heterocycles. The van der Waals surface area contributed by atoms with Gasteiger partial charge < -0.3 is 4.74 Å². The highest BCUT2D eigenvalue weighted by atomic mass is 32.2. The molecule has 0 spiro atoms. The van der Waals surface area contributed by atoms with Crippen LogP contribution in [0.1, 0.15) is 41.0 Å². The monoisotopic (exact) mass is 346 g/mol. The van der Waals surface area contributed by atoms with E-state index in [1.165, 1.54) is 17.2 Å². The summed E-state index contributed by atoms with van der Waals surface area (Å²) in [6, 6.07) is 11.2. The number of fused-ring (bicyclic) bond motifs is 1. The molecule has 4 nitrogen and oxygen atoms in total. The standard InChI is InChI=1S/C19H22O4S/c1-13-6-9-19(24(20,21)22)18(10-13)15-5-3-4-14-7-8-17(23-2)12-16(14)11-15/h6-10,12,15H,3-5,11H2,1-2H3,(H,20,21,22)/t15-/m0/s1. The molecular weight excluding hydrogens is 324 g/mol. The van der Waals surface area contributed by atoms with E-state index in [9.17, 15) is 13.0 Å². The van der Waals surface area contributed by atoms with Crippen molar-refractivity contribution in [2.45, 2.75) is 43.4 Å². The molecule has 0 unspecified atom stereocenters. The Bertz CT molecular complexity index is 856. The highest BCUT2D eigenvalue weighted by molar-refractivity contribution is 7.85. The Labute approximate surface area is 143 Å². The number of aryl methyl sites for hydroxylation is 2. The van der Waals surface area contributed by atoms with Crippen molar-refractivity contribution in [2.24, 2.45) is 0 Å². The van der Waals surface area contributed by atoms with Gasteiger partial charge in [-0.05, 0) is 73.4 Å². The summed E-state index contributed by atoms with van der Waals surface area (Å²) in [4.78, 5) is 0.0319. The molecule has 0 fully saturated rings. The molecule has 128 valence electrons. The molecule has 0 bridgehead atoms. The summed E-state index contributed by atoms with van der Waals surface area (Å²) in [5.74, 6) is 0.879. The van der Waals surface area contributed by atoms with E-state index >= 15 is 0 Å². The topological polar surface area (TPSA) is 63.6 Å². The number of rotatable bonds is 3. The number of hydrogen-bond donors (Lipinski definition) is 1. The van der Waals surface area contributed by atoms with Crippen molar-refractivity contribution in [2.75, 3.05) is 7.11 Å². The first-order valence-corrected chi connectivity index (χ1v) is 9.56. The maximum atomic E-state index is 11.8. The average molecular weight is 346 g/mol. The van der Waals surface area contributed by atoms with Gasteiger partial charge in [0.15, 0.2) is 0 Å². The Hall–Kier alpha value is -1.85. The highest BCUT2D eigenvalue weighted by Gasteiger charge is 2.25. The van der Waals surface area contributed by atoms with E-state index in [1.807, 2.05) is 25.1 Å². The molecule has 0 heterocycles. The van der Waals surface area contributed by atoms with Gasteiger partial charge in [0.25, 0.3) is 10.1 Å². The van der Waals surface area contributed by atoms with Crippen LogP contribution in [-0.2, 0) is 23.0 Å². The van der Waals surface area contributed by atoms with Crippen LogP contribution in [-0.4, -0.2) is 20.1 Å². The lowest BCUT2D eigenvalue weighted by Crippen LogP contribution is -2.10. The first-order chi connectivity index (χ1) is 11.4. The molecule has 0 radical (unpaired) electrons. The summed E-state index contributed by atoms with van der Waals surface area (Å²) < 4.78 is 38.5. The van der Waals surface area contributed by atoms with Crippen LogP contribution >= 0.6 is 0 Å². The maximum Gasteiger partial charge on any atom is 0.294 e. The van der Waals surface area contributed by atoms with Gasteiger partial charge in [-0.3, -0.25) is 4.55 Å². The van der Waals surface area contributed by atoms with Gasteiger partial charge in [-0.2, -0.15) is 8.42 Å². The molecule has 1 aliphatic carbocycles. The predicted octanol–water partition coefficient (Wildman–Crippen LogP) is 3.91. The van der Waals surface area contributed by atoms with E-state index in [-0.39, 0.29) is 10.8 Å². The minimum atomic E-state index is -4.23. The van der Waals surface area contributed by atoms with E-state index in [0.29, 0.717) is 5.56 Å². The highest BCUT2D eigenvalue weighted by Crippen LogP contribution is 2.36. The average Bonchev–Trinajstić information content (AvgIpc) is 2.75. The lowest BCUT2D eigenvalue weighted by Gasteiger charge is -2.19. The van der Waals surface area contributed by atoms with Crippen LogP contribution in [0.2, 0.25) is 0 Å². The van der Waals surface area contributed by atoms with Gasteiger partial charge in [-0.1, -0.05) is 23.8 Å². The summed E-state index contributed by atoms with van der Waals surface area (Å²) >= 11 is 0. The second-order valence-electron chi connectivity index (χ2n) is 6.44. The van der Waals surface area contributed by atoms with Crippen molar-refractivity contribution in [1.82, 2.24) is 0 Å². The summed E-state index contributed by atoms with van der Waals surface area (Å²) in [6.45, 7) is 1.94. The van der Waals surface area contributed by atoms with Crippen molar-refractivity contribution in [3.8, 4) is 5.75 Å². The molecule has 1 aliphatic rings. The Morgan fingerprint density at radius 3 is 2.62 bits per heavy atom. The summed E-state index contributed by atoms with van der Waals surface area (Å²) in [5, 5.41) is 0. The molecule has 0 saturated carbocycles. The molecule has 0 aromatic heterocycles.